The van der Waals surface area contributed by atoms with E-state index < -0.39 is 36.7 Å². The fourth-order valence-corrected chi connectivity index (χ4v) is 2.24. The molecular formula is C14H18NNaO8. The van der Waals surface area contributed by atoms with Gasteiger partial charge in [-0.1, -0.05) is 6.07 Å². The predicted octanol–water partition coefficient (Wildman–Crippen LogP) is -6.17. The zero-order valence-electron chi connectivity index (χ0n) is 13.0. The molecule has 6 N–H and O–H groups in total. The molecule has 10 heteroatoms. The summed E-state index contributed by atoms with van der Waals surface area (Å²) in [5.41, 5.74) is 6.18. The molecule has 5 atom stereocenters. The van der Waals surface area contributed by atoms with Gasteiger partial charge in [-0.05, 0) is 30.7 Å². The zero-order valence-corrected chi connectivity index (χ0v) is 15.0. The molecule has 0 aliphatic carbocycles. The number of hydrogen-bond donors (Lipinski definition) is 5. The summed E-state index contributed by atoms with van der Waals surface area (Å²) < 4.78 is 10.2. The van der Waals surface area contributed by atoms with Crippen molar-refractivity contribution < 1.29 is 69.4 Å². The van der Waals surface area contributed by atoms with E-state index in [0.29, 0.717) is 13.0 Å². The summed E-state index contributed by atoms with van der Waals surface area (Å²) in [7, 11) is 0. The Morgan fingerprint density at radius 3 is 2.50 bits per heavy atom. The van der Waals surface area contributed by atoms with E-state index >= 15 is 0 Å². The van der Waals surface area contributed by atoms with Crippen LogP contribution in [0, 0.1) is 0 Å². The Balaban J connectivity index is 0.00000288. The van der Waals surface area contributed by atoms with Gasteiger partial charge in [-0.2, -0.15) is 0 Å². The van der Waals surface area contributed by atoms with Crippen LogP contribution >= 0.6 is 0 Å². The molecule has 9 nitrogen and oxygen atoms in total. The van der Waals surface area contributed by atoms with Gasteiger partial charge in [-0.15, -0.1) is 0 Å². The van der Waals surface area contributed by atoms with Crippen molar-refractivity contribution in [3.05, 3.63) is 23.8 Å². The Bertz CT molecular complexity index is 572. The second-order valence-electron chi connectivity index (χ2n) is 5.17. The number of aliphatic carboxylic acids is 1. The average Bonchev–Trinajstić information content (AvgIpc) is 2.50. The van der Waals surface area contributed by atoms with Crippen LogP contribution in [0.15, 0.2) is 18.2 Å². The minimum atomic E-state index is -1.88. The number of rotatable bonds is 5. The Labute approximate surface area is 159 Å². The smallest absolute Gasteiger partial charge is 0.547 e. The van der Waals surface area contributed by atoms with Crippen molar-refractivity contribution in [3.8, 4) is 11.5 Å². The van der Waals surface area contributed by atoms with E-state index in [4.69, 9.17) is 15.2 Å². The topological polar surface area (TPSA) is 166 Å². The second kappa shape index (κ2) is 8.97. The SMILES string of the molecule is NCCc1ccc(O)c(OC2OC(C(=O)[O-])C(O)C(O)C2O)c1.[Na+]. The van der Waals surface area contributed by atoms with E-state index in [-0.39, 0.29) is 41.1 Å². The van der Waals surface area contributed by atoms with E-state index in [1.54, 1.807) is 6.07 Å². The molecule has 24 heavy (non-hydrogen) atoms. The standard InChI is InChI=1S/C14H19NO8.Na/c15-4-3-6-1-2-7(16)8(5-6)22-14-11(19)9(17)10(18)12(23-14)13(20)21;/h1-2,5,9-12,14,16-19H,3-4,15H2,(H,20,21);/q;+1/p-1. The minimum Gasteiger partial charge on any atom is -0.547 e. The number of carboxylic acid groups (broad SMARTS) is 1. The summed E-state index contributed by atoms with van der Waals surface area (Å²) in [6.45, 7) is 0.366. The van der Waals surface area contributed by atoms with Crippen LogP contribution in [0.2, 0.25) is 0 Å². The summed E-state index contributed by atoms with van der Waals surface area (Å²) >= 11 is 0. The van der Waals surface area contributed by atoms with Crippen molar-refractivity contribution in [2.24, 2.45) is 5.73 Å². The van der Waals surface area contributed by atoms with Gasteiger partial charge in [0.1, 0.15) is 24.4 Å². The van der Waals surface area contributed by atoms with Crippen molar-refractivity contribution >= 4 is 5.97 Å². The molecule has 1 heterocycles. The van der Waals surface area contributed by atoms with Crippen LogP contribution in [-0.4, -0.2) is 63.6 Å². The van der Waals surface area contributed by atoms with Crippen LogP contribution < -0.4 is 45.1 Å². The average molecular weight is 351 g/mol. The van der Waals surface area contributed by atoms with Gasteiger partial charge in [0.25, 0.3) is 0 Å². The Morgan fingerprint density at radius 1 is 1.25 bits per heavy atom. The number of hydrogen-bond acceptors (Lipinski definition) is 9. The number of phenolic OH excluding ortho intramolecular Hbond substituents is 1. The summed E-state index contributed by atoms with van der Waals surface area (Å²) in [6.07, 6.45) is -8.40. The number of benzene rings is 1. The second-order valence-corrected chi connectivity index (χ2v) is 5.17. The summed E-state index contributed by atoms with van der Waals surface area (Å²) in [5, 5.41) is 49.8. The van der Waals surface area contributed by atoms with Gasteiger partial charge in [0.2, 0.25) is 6.29 Å². The number of aliphatic hydroxyl groups excluding tert-OH is 3. The molecule has 1 fully saturated rings. The van der Waals surface area contributed by atoms with Crippen molar-refractivity contribution in [2.75, 3.05) is 6.54 Å². The first-order chi connectivity index (χ1) is 10.8. The maximum atomic E-state index is 10.9. The Hall–Kier alpha value is -0.910. The van der Waals surface area contributed by atoms with Gasteiger partial charge in [0.15, 0.2) is 11.5 Å². The maximum absolute atomic E-state index is 10.9. The van der Waals surface area contributed by atoms with Crippen LogP contribution in [0.1, 0.15) is 5.56 Å². The van der Waals surface area contributed by atoms with Crippen LogP contribution in [0.5, 0.6) is 11.5 Å². The molecule has 0 bridgehead atoms. The molecule has 0 radical (unpaired) electrons. The van der Waals surface area contributed by atoms with Crippen molar-refractivity contribution in [1.29, 1.82) is 0 Å². The molecule has 1 aromatic carbocycles. The van der Waals surface area contributed by atoms with Crippen molar-refractivity contribution in [2.45, 2.75) is 37.1 Å². The molecule has 2 rings (SSSR count). The van der Waals surface area contributed by atoms with E-state index in [2.05, 4.69) is 0 Å². The van der Waals surface area contributed by atoms with Gasteiger partial charge in [0.05, 0.1) is 5.97 Å². The fraction of sp³-hybridized carbons (Fsp3) is 0.500. The van der Waals surface area contributed by atoms with Crippen LogP contribution in [0.25, 0.3) is 0 Å². The van der Waals surface area contributed by atoms with Gasteiger partial charge in [0, 0.05) is 0 Å². The minimum absolute atomic E-state index is 0. The predicted molar refractivity (Wildman–Crippen MR) is 73.2 cm³/mol. The number of nitrogens with two attached hydrogens (primary N) is 1. The fourth-order valence-electron chi connectivity index (χ4n) is 2.24. The maximum Gasteiger partial charge on any atom is 1.00 e. The molecule has 0 spiro atoms. The molecular weight excluding hydrogens is 333 g/mol. The summed E-state index contributed by atoms with van der Waals surface area (Å²) in [6, 6.07) is 4.41. The Kier molecular flexibility index (Phi) is 7.90. The molecule has 1 aliphatic rings. The number of aromatic hydroxyl groups is 1. The van der Waals surface area contributed by atoms with Crippen LogP contribution in [-0.2, 0) is 16.0 Å². The number of carboxylic acids is 1. The number of phenols is 1. The molecule has 5 unspecified atom stereocenters. The first kappa shape index (κ1) is 21.1. The normalized spacial score (nSPS) is 29.6. The molecule has 0 amide bonds. The summed E-state index contributed by atoms with van der Waals surface area (Å²) in [5.74, 6) is -2.12. The first-order valence-electron chi connectivity index (χ1n) is 6.94. The number of carbonyl (C=O) groups excluding carboxylic acids is 1. The molecule has 1 saturated heterocycles. The number of aliphatic hydroxyl groups is 3. The third kappa shape index (κ3) is 4.58. The largest absolute Gasteiger partial charge is 1.00 e. The molecule has 0 aromatic heterocycles. The molecule has 0 saturated carbocycles. The molecule has 128 valence electrons. The molecule has 1 aliphatic heterocycles. The third-order valence-corrected chi connectivity index (χ3v) is 3.50. The third-order valence-electron chi connectivity index (χ3n) is 3.50. The van der Waals surface area contributed by atoms with Crippen LogP contribution in [0.3, 0.4) is 0 Å². The van der Waals surface area contributed by atoms with Crippen LogP contribution in [0.4, 0.5) is 0 Å². The van der Waals surface area contributed by atoms with Crippen molar-refractivity contribution in [1.82, 2.24) is 0 Å². The van der Waals surface area contributed by atoms with E-state index in [1.165, 1.54) is 12.1 Å². The van der Waals surface area contributed by atoms with E-state index in [0.717, 1.165) is 5.56 Å². The molecule has 1 aromatic rings. The summed E-state index contributed by atoms with van der Waals surface area (Å²) in [4.78, 5) is 10.9. The van der Waals surface area contributed by atoms with Gasteiger partial charge in [-0.3, -0.25) is 0 Å². The first-order valence-corrected chi connectivity index (χ1v) is 6.94. The van der Waals surface area contributed by atoms with Gasteiger partial charge >= 0.3 is 29.6 Å². The van der Waals surface area contributed by atoms with Crippen molar-refractivity contribution in [3.63, 3.8) is 0 Å². The quantitative estimate of drug-likeness (QED) is 0.324. The Morgan fingerprint density at radius 2 is 1.92 bits per heavy atom. The van der Waals surface area contributed by atoms with Gasteiger partial charge < -0.3 is 45.5 Å². The van der Waals surface area contributed by atoms with E-state index in [9.17, 15) is 30.3 Å². The van der Waals surface area contributed by atoms with Gasteiger partial charge in [-0.25, -0.2) is 0 Å². The number of ether oxygens (including phenoxy) is 2. The zero-order chi connectivity index (χ0) is 17.1. The van der Waals surface area contributed by atoms with E-state index in [1.807, 2.05) is 0 Å². The monoisotopic (exact) mass is 351 g/mol. The number of carbonyl (C=O) groups is 1.